The molecule has 1 heterocycles. The predicted octanol–water partition coefficient (Wildman–Crippen LogP) is 4.15. The minimum Gasteiger partial charge on any atom is -0.487 e. The molecular formula is C16H24O2. The minimum absolute atomic E-state index is 0.162. The van der Waals surface area contributed by atoms with Crippen LogP contribution in [0, 0.1) is 6.92 Å². The molecule has 1 aliphatic rings. The molecule has 0 fully saturated rings. The molecule has 1 atom stereocenters. The molecule has 0 saturated carbocycles. The van der Waals surface area contributed by atoms with E-state index in [-0.39, 0.29) is 11.7 Å². The molecule has 0 spiro atoms. The van der Waals surface area contributed by atoms with Gasteiger partial charge < -0.3 is 9.84 Å². The Kier molecular flexibility index (Phi) is 3.96. The number of hydrogen-bond donors (Lipinski definition) is 1. The first-order valence-corrected chi connectivity index (χ1v) is 7.08. The highest BCUT2D eigenvalue weighted by Gasteiger charge is 2.38. The largest absolute Gasteiger partial charge is 0.487 e. The highest BCUT2D eigenvalue weighted by Crippen LogP contribution is 2.44. The van der Waals surface area contributed by atoms with Crippen molar-refractivity contribution in [2.45, 2.75) is 64.6 Å². The highest BCUT2D eigenvalue weighted by molar-refractivity contribution is 5.40. The quantitative estimate of drug-likeness (QED) is 0.867. The van der Waals surface area contributed by atoms with Crippen LogP contribution in [0.3, 0.4) is 0 Å². The highest BCUT2D eigenvalue weighted by atomic mass is 16.5. The van der Waals surface area contributed by atoms with Gasteiger partial charge in [0.15, 0.2) is 0 Å². The summed E-state index contributed by atoms with van der Waals surface area (Å²) in [6.07, 6.45) is 4.57. The summed E-state index contributed by atoms with van der Waals surface area (Å²) in [6, 6.07) is 6.11. The average Bonchev–Trinajstić information content (AvgIpc) is 2.31. The molecule has 0 bridgehead atoms. The van der Waals surface area contributed by atoms with E-state index in [4.69, 9.17) is 4.74 Å². The number of fused-ring (bicyclic) bond motifs is 1. The van der Waals surface area contributed by atoms with Gasteiger partial charge >= 0.3 is 0 Å². The second-order valence-corrected chi connectivity index (χ2v) is 5.55. The SMILES string of the molecule is CCCC1(CCC)C[C@@H](O)c2cc(C)ccc2O1. The first-order chi connectivity index (χ1) is 8.60. The van der Waals surface area contributed by atoms with E-state index in [1.165, 1.54) is 5.56 Å². The zero-order valence-corrected chi connectivity index (χ0v) is 11.7. The zero-order valence-electron chi connectivity index (χ0n) is 11.7. The fourth-order valence-corrected chi connectivity index (χ4v) is 3.10. The average molecular weight is 248 g/mol. The molecule has 2 nitrogen and oxygen atoms in total. The van der Waals surface area contributed by atoms with Crippen LogP contribution in [0.15, 0.2) is 18.2 Å². The molecule has 0 aliphatic carbocycles. The number of rotatable bonds is 4. The summed E-state index contributed by atoms with van der Waals surface area (Å²) < 4.78 is 6.27. The van der Waals surface area contributed by atoms with E-state index < -0.39 is 0 Å². The lowest BCUT2D eigenvalue weighted by molar-refractivity contribution is -0.0268. The molecule has 18 heavy (non-hydrogen) atoms. The number of aryl methyl sites for hydroxylation is 1. The third kappa shape index (κ3) is 2.54. The van der Waals surface area contributed by atoms with Gasteiger partial charge in [-0.1, -0.05) is 38.3 Å². The number of ether oxygens (including phenoxy) is 1. The van der Waals surface area contributed by atoms with Crippen molar-refractivity contribution in [2.75, 3.05) is 0 Å². The summed E-state index contributed by atoms with van der Waals surface area (Å²) in [4.78, 5) is 0. The van der Waals surface area contributed by atoms with Gasteiger partial charge in [-0.15, -0.1) is 0 Å². The summed E-state index contributed by atoms with van der Waals surface area (Å²) in [5.74, 6) is 0.876. The Morgan fingerprint density at radius 2 is 1.94 bits per heavy atom. The Labute approximate surface area is 110 Å². The topological polar surface area (TPSA) is 29.5 Å². The smallest absolute Gasteiger partial charge is 0.125 e. The number of benzene rings is 1. The predicted molar refractivity (Wildman–Crippen MR) is 73.9 cm³/mol. The summed E-state index contributed by atoms with van der Waals surface area (Å²) >= 11 is 0. The standard InChI is InChI=1S/C16H24O2/c1-4-8-16(9-5-2)11-14(17)13-10-12(3)6-7-15(13)18-16/h6-7,10,14,17H,4-5,8-9,11H2,1-3H3/t14-/m1/s1. The third-order valence-corrected chi connectivity index (χ3v) is 3.83. The molecule has 2 heteroatoms. The van der Waals surface area contributed by atoms with Crippen molar-refractivity contribution >= 4 is 0 Å². The van der Waals surface area contributed by atoms with E-state index in [2.05, 4.69) is 19.9 Å². The van der Waals surface area contributed by atoms with Gasteiger partial charge in [-0.25, -0.2) is 0 Å². The molecule has 0 unspecified atom stereocenters. The molecule has 100 valence electrons. The Hall–Kier alpha value is -1.02. The molecular weight excluding hydrogens is 224 g/mol. The van der Waals surface area contributed by atoms with Crippen LogP contribution in [0.1, 0.15) is 63.2 Å². The number of aliphatic hydroxyl groups is 1. The van der Waals surface area contributed by atoms with E-state index >= 15 is 0 Å². The van der Waals surface area contributed by atoms with Gasteiger partial charge in [-0.2, -0.15) is 0 Å². The fourth-order valence-electron chi connectivity index (χ4n) is 3.10. The summed E-state index contributed by atoms with van der Waals surface area (Å²) in [6.45, 7) is 6.41. The van der Waals surface area contributed by atoms with Gasteiger partial charge in [0.25, 0.3) is 0 Å². The monoisotopic (exact) mass is 248 g/mol. The summed E-state index contributed by atoms with van der Waals surface area (Å²) in [5, 5.41) is 10.4. The van der Waals surface area contributed by atoms with Crippen molar-refractivity contribution in [1.29, 1.82) is 0 Å². The van der Waals surface area contributed by atoms with Crippen LogP contribution in [0.25, 0.3) is 0 Å². The lowest BCUT2D eigenvalue weighted by Crippen LogP contribution is -2.41. The number of hydrogen-bond acceptors (Lipinski definition) is 2. The van der Waals surface area contributed by atoms with E-state index in [1.807, 2.05) is 19.1 Å². The first-order valence-electron chi connectivity index (χ1n) is 7.08. The molecule has 1 aromatic rings. The first kappa shape index (κ1) is 13.4. The Bertz CT molecular complexity index is 406. The lowest BCUT2D eigenvalue weighted by atomic mass is 9.82. The van der Waals surface area contributed by atoms with Crippen LogP contribution < -0.4 is 4.74 Å². The summed E-state index contributed by atoms with van der Waals surface area (Å²) in [5.41, 5.74) is 1.97. The Morgan fingerprint density at radius 3 is 2.56 bits per heavy atom. The van der Waals surface area contributed by atoms with Gasteiger partial charge in [0, 0.05) is 12.0 Å². The van der Waals surface area contributed by atoms with Crippen LogP contribution in [0.4, 0.5) is 0 Å². The van der Waals surface area contributed by atoms with Gasteiger partial charge in [-0.05, 0) is 31.9 Å². The van der Waals surface area contributed by atoms with Gasteiger partial charge in [-0.3, -0.25) is 0 Å². The zero-order chi connectivity index (χ0) is 13.2. The van der Waals surface area contributed by atoms with Gasteiger partial charge in [0.1, 0.15) is 11.4 Å². The normalized spacial score (nSPS) is 21.2. The molecule has 1 aliphatic heterocycles. The van der Waals surface area contributed by atoms with E-state index in [1.54, 1.807) is 0 Å². The van der Waals surface area contributed by atoms with Crippen molar-refractivity contribution in [3.8, 4) is 5.75 Å². The van der Waals surface area contributed by atoms with Crippen molar-refractivity contribution in [3.63, 3.8) is 0 Å². The molecule has 1 aromatic carbocycles. The Balaban J connectivity index is 2.32. The molecule has 0 amide bonds. The fraction of sp³-hybridized carbons (Fsp3) is 0.625. The molecule has 1 N–H and O–H groups in total. The molecule has 0 aromatic heterocycles. The number of aliphatic hydroxyl groups excluding tert-OH is 1. The molecule has 0 saturated heterocycles. The molecule has 0 radical (unpaired) electrons. The molecule has 2 rings (SSSR count). The third-order valence-electron chi connectivity index (χ3n) is 3.83. The van der Waals surface area contributed by atoms with Crippen LogP contribution >= 0.6 is 0 Å². The van der Waals surface area contributed by atoms with Crippen LogP contribution in [-0.4, -0.2) is 10.7 Å². The van der Waals surface area contributed by atoms with Crippen molar-refractivity contribution in [1.82, 2.24) is 0 Å². The van der Waals surface area contributed by atoms with Gasteiger partial charge in [0.2, 0.25) is 0 Å². The maximum Gasteiger partial charge on any atom is 0.125 e. The maximum atomic E-state index is 10.4. The summed E-state index contributed by atoms with van der Waals surface area (Å²) in [7, 11) is 0. The van der Waals surface area contributed by atoms with E-state index in [0.29, 0.717) is 0 Å². The maximum absolute atomic E-state index is 10.4. The second-order valence-electron chi connectivity index (χ2n) is 5.55. The van der Waals surface area contributed by atoms with Gasteiger partial charge in [0.05, 0.1) is 6.10 Å². The van der Waals surface area contributed by atoms with Crippen LogP contribution in [0.5, 0.6) is 5.75 Å². The second kappa shape index (κ2) is 5.31. The van der Waals surface area contributed by atoms with E-state index in [9.17, 15) is 5.11 Å². The van der Waals surface area contributed by atoms with Crippen molar-refractivity contribution < 1.29 is 9.84 Å². The van der Waals surface area contributed by atoms with Crippen LogP contribution in [0.2, 0.25) is 0 Å². The Morgan fingerprint density at radius 1 is 1.28 bits per heavy atom. The van der Waals surface area contributed by atoms with E-state index in [0.717, 1.165) is 43.4 Å². The minimum atomic E-state index is -0.383. The van der Waals surface area contributed by atoms with Crippen molar-refractivity contribution in [2.24, 2.45) is 0 Å². The van der Waals surface area contributed by atoms with Crippen molar-refractivity contribution in [3.05, 3.63) is 29.3 Å². The van der Waals surface area contributed by atoms with Crippen LogP contribution in [-0.2, 0) is 0 Å². The lowest BCUT2D eigenvalue weighted by Gasteiger charge is -2.41.